The van der Waals surface area contributed by atoms with E-state index in [1.165, 1.54) is 12.7 Å². The number of anilines is 2. The van der Waals surface area contributed by atoms with Crippen molar-refractivity contribution in [3.63, 3.8) is 0 Å². The highest BCUT2D eigenvalue weighted by molar-refractivity contribution is 5.94. The zero-order chi connectivity index (χ0) is 22.5. The molecule has 1 aliphatic heterocycles. The lowest BCUT2D eigenvalue weighted by atomic mass is 9.95. The van der Waals surface area contributed by atoms with Crippen LogP contribution in [0.25, 0.3) is 11.3 Å². The maximum Gasteiger partial charge on any atom is 0.337 e. The Morgan fingerprint density at radius 1 is 0.969 bits per heavy atom. The van der Waals surface area contributed by atoms with Crippen LogP contribution in [-0.4, -0.2) is 42.3 Å². The number of aromatic nitrogens is 2. The van der Waals surface area contributed by atoms with E-state index >= 15 is 0 Å². The first-order chi connectivity index (χ1) is 15.5. The molecule has 0 bridgehead atoms. The van der Waals surface area contributed by atoms with Gasteiger partial charge in [0.15, 0.2) is 5.82 Å². The summed E-state index contributed by atoms with van der Waals surface area (Å²) in [5.41, 5.74) is 4.23. The number of aryl methyl sites for hydroxylation is 1. The van der Waals surface area contributed by atoms with E-state index < -0.39 is 5.97 Å². The quantitative estimate of drug-likeness (QED) is 0.614. The number of benzene rings is 2. The summed E-state index contributed by atoms with van der Waals surface area (Å²) in [6, 6.07) is 18.8. The molecule has 1 amide bonds. The van der Waals surface area contributed by atoms with Gasteiger partial charge in [0, 0.05) is 30.3 Å². The molecule has 1 aromatic heterocycles. The predicted octanol–water partition coefficient (Wildman–Crippen LogP) is 4.09. The van der Waals surface area contributed by atoms with Crippen molar-refractivity contribution >= 4 is 23.4 Å². The number of ether oxygens (including phenoxy) is 1. The van der Waals surface area contributed by atoms with Crippen LogP contribution >= 0.6 is 0 Å². The number of rotatable bonds is 5. The van der Waals surface area contributed by atoms with Crippen LogP contribution in [0.1, 0.15) is 28.8 Å². The molecule has 0 atom stereocenters. The molecule has 1 aliphatic rings. The molecule has 0 radical (unpaired) electrons. The highest BCUT2D eigenvalue weighted by Gasteiger charge is 2.26. The Labute approximate surface area is 187 Å². The Morgan fingerprint density at radius 3 is 2.31 bits per heavy atom. The Balaban J connectivity index is 1.32. The van der Waals surface area contributed by atoms with Gasteiger partial charge in [-0.05, 0) is 61.7 Å². The smallest absolute Gasteiger partial charge is 0.337 e. The largest absolute Gasteiger partial charge is 0.465 e. The van der Waals surface area contributed by atoms with Crippen LogP contribution in [0.5, 0.6) is 0 Å². The van der Waals surface area contributed by atoms with Crippen molar-refractivity contribution in [3.05, 3.63) is 71.8 Å². The van der Waals surface area contributed by atoms with Crippen LogP contribution in [0.2, 0.25) is 0 Å². The second-order valence-corrected chi connectivity index (χ2v) is 7.91. The van der Waals surface area contributed by atoms with Gasteiger partial charge in [-0.1, -0.05) is 24.3 Å². The van der Waals surface area contributed by atoms with Crippen molar-refractivity contribution in [2.45, 2.75) is 19.8 Å². The number of amides is 1. The molecule has 0 spiro atoms. The highest BCUT2D eigenvalue weighted by Crippen LogP contribution is 2.25. The van der Waals surface area contributed by atoms with Gasteiger partial charge < -0.3 is 15.0 Å². The summed E-state index contributed by atoms with van der Waals surface area (Å²) in [6.45, 7) is 3.56. The third-order valence-electron chi connectivity index (χ3n) is 5.83. The van der Waals surface area contributed by atoms with E-state index in [2.05, 4.69) is 33.4 Å². The Hall–Kier alpha value is -3.74. The monoisotopic (exact) mass is 430 g/mol. The number of piperidine rings is 1. The lowest BCUT2D eigenvalue weighted by Crippen LogP contribution is -2.38. The number of nitrogens with zero attached hydrogens (tertiary/aromatic N) is 3. The van der Waals surface area contributed by atoms with Crippen LogP contribution in [0.3, 0.4) is 0 Å². The van der Waals surface area contributed by atoms with Crippen molar-refractivity contribution in [2.75, 3.05) is 30.4 Å². The third kappa shape index (κ3) is 4.77. The fraction of sp³-hybridized carbons (Fsp3) is 0.280. The number of hydrogen-bond donors (Lipinski definition) is 1. The molecule has 3 aromatic rings. The average Bonchev–Trinajstić information content (AvgIpc) is 2.84. The van der Waals surface area contributed by atoms with Gasteiger partial charge in [0.05, 0.1) is 18.4 Å². The molecule has 4 rings (SSSR count). The minimum Gasteiger partial charge on any atom is -0.465 e. The number of carbonyl (C=O) groups excluding carboxylic acids is 2. The summed E-state index contributed by atoms with van der Waals surface area (Å²) in [6.07, 6.45) is 1.49. The standard InChI is InChI=1S/C25H26N4O3/c1-17-5-3-4-6-21(17)22-11-12-23(28-27-22)29-15-13-18(14-16-29)24(30)26-20-9-7-19(8-10-20)25(31)32-2/h3-12,18H,13-16H2,1-2H3,(H,26,30). The molecule has 1 N–H and O–H groups in total. The van der Waals surface area contributed by atoms with E-state index in [9.17, 15) is 9.59 Å². The molecule has 164 valence electrons. The normalized spacial score (nSPS) is 14.1. The van der Waals surface area contributed by atoms with E-state index in [0.717, 1.165) is 43.0 Å². The Kier molecular flexibility index (Phi) is 6.44. The molecule has 0 aliphatic carbocycles. The number of hydrogen-bond acceptors (Lipinski definition) is 6. The molecule has 2 heterocycles. The summed E-state index contributed by atoms with van der Waals surface area (Å²) in [5, 5.41) is 11.8. The van der Waals surface area contributed by atoms with Crippen LogP contribution in [0.4, 0.5) is 11.5 Å². The minimum atomic E-state index is -0.398. The van der Waals surface area contributed by atoms with Crippen molar-refractivity contribution in [3.8, 4) is 11.3 Å². The first-order valence-electron chi connectivity index (χ1n) is 10.7. The summed E-state index contributed by atoms with van der Waals surface area (Å²) >= 11 is 0. The number of methoxy groups -OCH3 is 1. The van der Waals surface area contributed by atoms with Gasteiger partial charge in [0.1, 0.15) is 0 Å². The zero-order valence-corrected chi connectivity index (χ0v) is 18.2. The molecule has 2 aromatic carbocycles. The average molecular weight is 431 g/mol. The van der Waals surface area contributed by atoms with Crippen molar-refractivity contribution in [2.24, 2.45) is 5.92 Å². The van der Waals surface area contributed by atoms with Gasteiger partial charge in [-0.3, -0.25) is 4.79 Å². The number of carbonyl (C=O) groups is 2. The van der Waals surface area contributed by atoms with Crippen molar-refractivity contribution in [1.82, 2.24) is 10.2 Å². The molecular formula is C25H26N4O3. The van der Waals surface area contributed by atoms with Crippen LogP contribution in [-0.2, 0) is 9.53 Å². The molecule has 32 heavy (non-hydrogen) atoms. The second-order valence-electron chi connectivity index (χ2n) is 7.91. The van der Waals surface area contributed by atoms with Crippen molar-refractivity contribution in [1.29, 1.82) is 0 Å². The summed E-state index contributed by atoms with van der Waals surface area (Å²) in [7, 11) is 1.34. The van der Waals surface area contributed by atoms with Gasteiger partial charge in [-0.25, -0.2) is 4.79 Å². The zero-order valence-electron chi connectivity index (χ0n) is 18.2. The van der Waals surface area contributed by atoms with Gasteiger partial charge in [0.25, 0.3) is 0 Å². The Bertz CT molecular complexity index is 1090. The van der Waals surface area contributed by atoms with Crippen molar-refractivity contribution < 1.29 is 14.3 Å². The number of nitrogens with one attached hydrogen (secondary N) is 1. The first kappa shape index (κ1) is 21.5. The molecule has 0 unspecified atom stereocenters. The fourth-order valence-electron chi connectivity index (χ4n) is 3.92. The van der Waals surface area contributed by atoms with Gasteiger partial charge in [-0.15, -0.1) is 10.2 Å². The maximum absolute atomic E-state index is 12.7. The molecule has 1 saturated heterocycles. The molecule has 0 saturated carbocycles. The van der Waals surface area contributed by atoms with Crippen LogP contribution in [0, 0.1) is 12.8 Å². The summed E-state index contributed by atoms with van der Waals surface area (Å²) in [4.78, 5) is 26.4. The predicted molar refractivity (Wildman–Crippen MR) is 124 cm³/mol. The third-order valence-corrected chi connectivity index (χ3v) is 5.83. The summed E-state index contributed by atoms with van der Waals surface area (Å²) in [5.74, 6) is 0.368. The molecular weight excluding hydrogens is 404 g/mol. The first-order valence-corrected chi connectivity index (χ1v) is 10.7. The van der Waals surface area contributed by atoms with E-state index in [0.29, 0.717) is 11.3 Å². The lowest BCUT2D eigenvalue weighted by molar-refractivity contribution is -0.120. The van der Waals surface area contributed by atoms with E-state index in [1.807, 2.05) is 30.3 Å². The maximum atomic E-state index is 12.7. The van der Waals surface area contributed by atoms with Gasteiger partial charge in [-0.2, -0.15) is 0 Å². The van der Waals surface area contributed by atoms with Crippen LogP contribution in [0.15, 0.2) is 60.7 Å². The van der Waals surface area contributed by atoms with Crippen LogP contribution < -0.4 is 10.2 Å². The molecule has 7 heteroatoms. The lowest BCUT2D eigenvalue weighted by Gasteiger charge is -2.31. The highest BCUT2D eigenvalue weighted by atomic mass is 16.5. The minimum absolute atomic E-state index is 0.00328. The van der Waals surface area contributed by atoms with Gasteiger partial charge in [0.2, 0.25) is 5.91 Å². The van der Waals surface area contributed by atoms with E-state index in [-0.39, 0.29) is 11.8 Å². The van der Waals surface area contributed by atoms with Gasteiger partial charge >= 0.3 is 5.97 Å². The molecule has 7 nitrogen and oxygen atoms in total. The summed E-state index contributed by atoms with van der Waals surface area (Å²) < 4.78 is 4.69. The SMILES string of the molecule is COC(=O)c1ccc(NC(=O)C2CCN(c3ccc(-c4ccccc4C)nn3)CC2)cc1. The Morgan fingerprint density at radius 2 is 1.69 bits per heavy atom. The van der Waals surface area contributed by atoms with E-state index in [4.69, 9.17) is 4.74 Å². The molecule has 1 fully saturated rings. The fourth-order valence-corrected chi connectivity index (χ4v) is 3.92. The van der Waals surface area contributed by atoms with E-state index in [1.54, 1.807) is 24.3 Å². The topological polar surface area (TPSA) is 84.4 Å². The second kappa shape index (κ2) is 9.60. The number of esters is 1.